The number of thiazole rings is 1. The maximum atomic E-state index is 10.2. The van der Waals surface area contributed by atoms with Gasteiger partial charge < -0.3 is 9.74 Å². The molecule has 112 valence electrons. The summed E-state index contributed by atoms with van der Waals surface area (Å²) in [6.45, 7) is 1.94. The lowest BCUT2D eigenvalue weighted by Gasteiger charge is -2.15. The zero-order valence-electron chi connectivity index (χ0n) is 12.1. The van der Waals surface area contributed by atoms with Crippen molar-refractivity contribution in [2.75, 3.05) is 25.6 Å². The Bertz CT molecular complexity index is 642. The molecule has 7 nitrogen and oxygen atoms in total. The summed E-state index contributed by atoms with van der Waals surface area (Å²) in [6, 6.07) is 1.93. The maximum Gasteiger partial charge on any atom is 0.294 e. The summed E-state index contributed by atoms with van der Waals surface area (Å²) in [4.78, 5) is 26.2. The Kier molecular flexibility index (Phi) is 4.69. The molecule has 2 aromatic heterocycles. The number of hydrogen-bond donors (Lipinski definition) is 0. The van der Waals surface area contributed by atoms with E-state index in [9.17, 15) is 10.1 Å². The van der Waals surface area contributed by atoms with Crippen LogP contribution in [0.1, 0.15) is 10.6 Å². The molecule has 0 N–H and O–H groups in total. The molecule has 0 fully saturated rings. The average molecular weight is 308 g/mol. The lowest BCUT2D eigenvalue weighted by Crippen LogP contribution is -2.10. The second-order valence-electron chi connectivity index (χ2n) is 4.62. The summed E-state index contributed by atoms with van der Waals surface area (Å²) in [5.74, 6) is 0. The zero-order chi connectivity index (χ0) is 15.4. The summed E-state index contributed by atoms with van der Waals surface area (Å²) >= 11 is 1.52. The van der Waals surface area contributed by atoms with Crippen molar-refractivity contribution in [2.45, 2.75) is 13.3 Å². The van der Waals surface area contributed by atoms with Crippen molar-refractivity contribution >= 4 is 17.0 Å². The molecule has 8 heteroatoms. The third-order valence-corrected chi connectivity index (χ3v) is 4.18. The number of hydrogen-bond acceptors (Lipinski definition) is 7. The van der Waals surface area contributed by atoms with Crippen LogP contribution >= 0.6 is 11.3 Å². The molecular weight excluding hydrogens is 292 g/mol. The van der Waals surface area contributed by atoms with Gasteiger partial charge in [0, 0.05) is 43.5 Å². The van der Waals surface area contributed by atoms with Crippen LogP contribution < -0.4 is 4.90 Å². The standard InChI is InChI=1S/C13H16N4O3S/c1-9-12(5-7-20-17(18)19)21-13(15-9)10-8-14-6-4-11(10)16(2)3/h4,6,8H,5,7H2,1-3H3. The van der Waals surface area contributed by atoms with Crippen molar-refractivity contribution in [3.05, 3.63) is 39.1 Å². The first-order valence-corrected chi connectivity index (χ1v) is 7.16. The minimum atomic E-state index is -0.775. The van der Waals surface area contributed by atoms with Crippen molar-refractivity contribution in [3.63, 3.8) is 0 Å². The van der Waals surface area contributed by atoms with Crippen LogP contribution in [0.15, 0.2) is 18.5 Å². The highest BCUT2D eigenvalue weighted by Gasteiger charge is 2.14. The highest BCUT2D eigenvalue weighted by molar-refractivity contribution is 7.15. The van der Waals surface area contributed by atoms with E-state index >= 15 is 0 Å². The van der Waals surface area contributed by atoms with Crippen LogP contribution in [0.3, 0.4) is 0 Å². The first-order valence-electron chi connectivity index (χ1n) is 6.34. The second-order valence-corrected chi connectivity index (χ2v) is 5.71. The van der Waals surface area contributed by atoms with Crippen LogP contribution in [-0.2, 0) is 11.3 Å². The molecule has 0 spiro atoms. The molecule has 0 aliphatic carbocycles. The number of pyridine rings is 1. The van der Waals surface area contributed by atoms with E-state index in [1.165, 1.54) is 11.3 Å². The first-order chi connectivity index (χ1) is 9.99. The Hall–Kier alpha value is -2.22. The molecule has 0 radical (unpaired) electrons. The quantitative estimate of drug-likeness (QED) is 0.602. The number of anilines is 1. The van der Waals surface area contributed by atoms with Gasteiger partial charge in [-0.1, -0.05) is 0 Å². The van der Waals surface area contributed by atoms with E-state index in [0.717, 1.165) is 26.8 Å². The first kappa shape index (κ1) is 15.2. The molecule has 0 aromatic carbocycles. The minimum Gasteiger partial charge on any atom is -0.377 e. The van der Waals surface area contributed by atoms with Gasteiger partial charge >= 0.3 is 0 Å². The molecule has 0 saturated heterocycles. The normalized spacial score (nSPS) is 10.4. The highest BCUT2D eigenvalue weighted by Crippen LogP contribution is 2.33. The van der Waals surface area contributed by atoms with Crippen LogP contribution in [0.4, 0.5) is 5.69 Å². The Balaban J connectivity index is 2.24. The van der Waals surface area contributed by atoms with E-state index in [-0.39, 0.29) is 6.61 Å². The van der Waals surface area contributed by atoms with Crippen molar-refractivity contribution in [1.29, 1.82) is 0 Å². The van der Waals surface area contributed by atoms with Crippen LogP contribution in [-0.4, -0.2) is 35.8 Å². The molecule has 0 bridgehead atoms. The predicted octanol–water partition coefficient (Wildman–Crippen LogP) is 2.33. The van der Waals surface area contributed by atoms with Gasteiger partial charge in [-0.3, -0.25) is 4.98 Å². The van der Waals surface area contributed by atoms with Crippen LogP contribution in [0, 0.1) is 17.0 Å². The number of rotatable bonds is 6. The lowest BCUT2D eigenvalue weighted by molar-refractivity contribution is -0.757. The van der Waals surface area contributed by atoms with Crippen molar-refractivity contribution < 1.29 is 9.92 Å². The van der Waals surface area contributed by atoms with Gasteiger partial charge in [0.25, 0.3) is 5.09 Å². The van der Waals surface area contributed by atoms with Gasteiger partial charge in [0.05, 0.1) is 11.3 Å². The largest absolute Gasteiger partial charge is 0.377 e. The van der Waals surface area contributed by atoms with Gasteiger partial charge in [-0.15, -0.1) is 21.5 Å². The highest BCUT2D eigenvalue weighted by atomic mass is 32.1. The Morgan fingerprint density at radius 2 is 2.24 bits per heavy atom. The Morgan fingerprint density at radius 3 is 2.90 bits per heavy atom. The molecule has 0 atom stereocenters. The molecule has 21 heavy (non-hydrogen) atoms. The van der Waals surface area contributed by atoms with E-state index in [1.54, 1.807) is 12.4 Å². The fourth-order valence-electron chi connectivity index (χ4n) is 1.93. The smallest absolute Gasteiger partial charge is 0.294 e. The molecule has 2 aromatic rings. The summed E-state index contributed by atoms with van der Waals surface area (Å²) < 4.78 is 0. The van der Waals surface area contributed by atoms with Crippen LogP contribution in [0.25, 0.3) is 10.6 Å². The molecule has 0 unspecified atom stereocenters. The number of nitrogens with zero attached hydrogens (tertiary/aromatic N) is 4. The Labute approximate surface area is 126 Å². The van der Waals surface area contributed by atoms with Crippen LogP contribution in [0.2, 0.25) is 0 Å². The van der Waals surface area contributed by atoms with Crippen molar-refractivity contribution in [3.8, 4) is 10.6 Å². The van der Waals surface area contributed by atoms with Gasteiger partial charge in [-0.05, 0) is 13.0 Å². The zero-order valence-corrected chi connectivity index (χ0v) is 12.9. The molecule has 0 aliphatic heterocycles. The van der Waals surface area contributed by atoms with Gasteiger partial charge in [-0.2, -0.15) is 0 Å². The summed E-state index contributed by atoms with van der Waals surface area (Å²) in [5, 5.41) is 10.3. The van der Waals surface area contributed by atoms with Gasteiger partial charge in [0.2, 0.25) is 0 Å². The third-order valence-electron chi connectivity index (χ3n) is 2.93. The summed E-state index contributed by atoms with van der Waals surface area (Å²) in [5.41, 5.74) is 2.86. The van der Waals surface area contributed by atoms with Gasteiger partial charge in [-0.25, -0.2) is 4.98 Å². The predicted molar refractivity (Wildman–Crippen MR) is 81.1 cm³/mol. The fourth-order valence-corrected chi connectivity index (χ4v) is 2.99. The van der Waals surface area contributed by atoms with E-state index in [4.69, 9.17) is 0 Å². The van der Waals surface area contributed by atoms with Crippen molar-refractivity contribution in [1.82, 2.24) is 9.97 Å². The number of aromatic nitrogens is 2. The topological polar surface area (TPSA) is 81.4 Å². The van der Waals surface area contributed by atoms with E-state index in [2.05, 4.69) is 14.8 Å². The fraction of sp³-hybridized carbons (Fsp3) is 0.385. The van der Waals surface area contributed by atoms with Gasteiger partial charge in [0.15, 0.2) is 0 Å². The molecule has 0 amide bonds. The van der Waals surface area contributed by atoms with E-state index in [0.29, 0.717) is 6.42 Å². The SMILES string of the molecule is Cc1nc(-c2cnccc2N(C)C)sc1CCO[N+](=O)[O-]. The minimum absolute atomic E-state index is 0.0447. The molecular formula is C13H16N4O3S. The van der Waals surface area contributed by atoms with E-state index < -0.39 is 5.09 Å². The molecule has 2 rings (SSSR count). The third kappa shape index (κ3) is 3.66. The lowest BCUT2D eigenvalue weighted by atomic mass is 10.2. The second kappa shape index (κ2) is 6.49. The van der Waals surface area contributed by atoms with Gasteiger partial charge in [0.1, 0.15) is 11.6 Å². The number of aryl methyl sites for hydroxylation is 1. The Morgan fingerprint density at radius 1 is 1.48 bits per heavy atom. The summed E-state index contributed by atoms with van der Waals surface area (Å²) in [6.07, 6.45) is 4.00. The molecule has 2 heterocycles. The van der Waals surface area contributed by atoms with Crippen LogP contribution in [0.5, 0.6) is 0 Å². The van der Waals surface area contributed by atoms with Crippen molar-refractivity contribution in [2.24, 2.45) is 0 Å². The average Bonchev–Trinajstić information content (AvgIpc) is 2.80. The monoisotopic (exact) mass is 308 g/mol. The molecule has 0 saturated carbocycles. The maximum absolute atomic E-state index is 10.2. The summed E-state index contributed by atoms with van der Waals surface area (Å²) in [7, 11) is 3.93. The van der Waals surface area contributed by atoms with E-state index in [1.807, 2.05) is 32.0 Å². The molecule has 0 aliphatic rings.